The summed E-state index contributed by atoms with van der Waals surface area (Å²) in [7, 11) is 0. The number of hydrogen-bond acceptors (Lipinski definition) is 1. The van der Waals surface area contributed by atoms with Crippen molar-refractivity contribution >= 4 is 44.9 Å². The predicted octanol–water partition coefficient (Wildman–Crippen LogP) is 3.45. The number of ketones is 1. The van der Waals surface area contributed by atoms with E-state index in [9.17, 15) is 4.79 Å². The zero-order chi connectivity index (χ0) is 9.84. The second kappa shape index (κ2) is 4.99. The first-order valence-corrected chi connectivity index (χ1v) is 5.35. The molecular formula is C9H7BrCl2O. The molecule has 0 heterocycles. The van der Waals surface area contributed by atoms with Crippen molar-refractivity contribution in [3.63, 3.8) is 0 Å². The van der Waals surface area contributed by atoms with Crippen LogP contribution in [0.15, 0.2) is 22.7 Å². The van der Waals surface area contributed by atoms with Crippen LogP contribution in [0.25, 0.3) is 0 Å². The molecule has 0 spiro atoms. The van der Waals surface area contributed by atoms with E-state index in [0.717, 1.165) is 10.0 Å². The molecule has 0 radical (unpaired) electrons. The molecule has 0 amide bonds. The second-order valence-electron chi connectivity index (χ2n) is 2.58. The zero-order valence-electron chi connectivity index (χ0n) is 6.69. The topological polar surface area (TPSA) is 17.1 Å². The number of Topliss-reactive ketones (excluding diaryl/α,β-unsaturated/α-hetero) is 1. The van der Waals surface area contributed by atoms with E-state index in [4.69, 9.17) is 23.2 Å². The largest absolute Gasteiger partial charge is 0.298 e. The third-order valence-corrected chi connectivity index (χ3v) is 2.70. The van der Waals surface area contributed by atoms with Gasteiger partial charge in [-0.05, 0) is 23.8 Å². The van der Waals surface area contributed by atoms with Gasteiger partial charge in [0.05, 0.1) is 5.88 Å². The lowest BCUT2D eigenvalue weighted by atomic mass is 10.1. The average Bonchev–Trinajstić information content (AvgIpc) is 2.11. The van der Waals surface area contributed by atoms with E-state index in [0.29, 0.717) is 11.4 Å². The van der Waals surface area contributed by atoms with Gasteiger partial charge in [0.15, 0.2) is 5.78 Å². The number of halogens is 3. The number of hydrogen-bond donors (Lipinski definition) is 0. The summed E-state index contributed by atoms with van der Waals surface area (Å²) >= 11 is 14.6. The fraction of sp³-hybridized carbons (Fsp3) is 0.222. The number of benzene rings is 1. The van der Waals surface area contributed by atoms with Gasteiger partial charge >= 0.3 is 0 Å². The number of carbonyl (C=O) groups excluding carboxylic acids is 1. The molecule has 0 aliphatic carbocycles. The highest BCUT2D eigenvalue weighted by Gasteiger charge is 2.06. The van der Waals surface area contributed by atoms with Gasteiger partial charge in [-0.25, -0.2) is 0 Å². The van der Waals surface area contributed by atoms with Crippen LogP contribution >= 0.6 is 39.1 Å². The molecule has 0 saturated heterocycles. The molecule has 0 aliphatic heterocycles. The minimum absolute atomic E-state index is 0.0262. The van der Waals surface area contributed by atoms with E-state index in [1.807, 2.05) is 12.1 Å². The molecule has 1 rings (SSSR count). The SMILES string of the molecule is O=C(CCl)Cc1cc(Br)ccc1Cl. The molecule has 0 bridgehead atoms. The van der Waals surface area contributed by atoms with Crippen LogP contribution in [-0.2, 0) is 11.2 Å². The van der Waals surface area contributed by atoms with E-state index in [1.54, 1.807) is 6.07 Å². The van der Waals surface area contributed by atoms with Crippen molar-refractivity contribution in [2.24, 2.45) is 0 Å². The van der Waals surface area contributed by atoms with Gasteiger partial charge in [-0.1, -0.05) is 27.5 Å². The fourth-order valence-corrected chi connectivity index (χ4v) is 1.63. The summed E-state index contributed by atoms with van der Waals surface area (Å²) < 4.78 is 0.911. The van der Waals surface area contributed by atoms with Gasteiger partial charge in [0.25, 0.3) is 0 Å². The Kier molecular flexibility index (Phi) is 4.23. The summed E-state index contributed by atoms with van der Waals surface area (Å²) in [4.78, 5) is 11.0. The van der Waals surface area contributed by atoms with Crippen LogP contribution in [0.1, 0.15) is 5.56 Å². The molecule has 0 fully saturated rings. The highest BCUT2D eigenvalue weighted by molar-refractivity contribution is 9.10. The first-order valence-electron chi connectivity index (χ1n) is 3.65. The Bertz CT molecular complexity index is 325. The van der Waals surface area contributed by atoms with Crippen LogP contribution < -0.4 is 0 Å². The third-order valence-electron chi connectivity index (χ3n) is 1.54. The minimum atomic E-state index is -0.0262. The average molecular weight is 282 g/mol. The molecule has 0 atom stereocenters. The van der Waals surface area contributed by atoms with Crippen LogP contribution in [0.2, 0.25) is 5.02 Å². The van der Waals surface area contributed by atoms with Crippen molar-refractivity contribution < 1.29 is 4.79 Å². The smallest absolute Gasteiger partial charge is 0.152 e. The standard InChI is InChI=1S/C9H7BrCl2O/c10-7-1-2-9(12)6(3-7)4-8(13)5-11/h1-3H,4-5H2. The van der Waals surface area contributed by atoms with Crippen LogP contribution in [0.3, 0.4) is 0 Å². The van der Waals surface area contributed by atoms with E-state index >= 15 is 0 Å². The summed E-state index contributed by atoms with van der Waals surface area (Å²) in [6, 6.07) is 5.41. The Balaban J connectivity index is 2.87. The Hall–Kier alpha value is -0.0500. The fourth-order valence-electron chi connectivity index (χ4n) is 0.938. The van der Waals surface area contributed by atoms with Crippen molar-refractivity contribution in [3.8, 4) is 0 Å². The molecule has 1 aromatic rings. The molecule has 0 N–H and O–H groups in total. The summed E-state index contributed by atoms with van der Waals surface area (Å²) in [5.41, 5.74) is 0.807. The van der Waals surface area contributed by atoms with Crippen molar-refractivity contribution in [1.29, 1.82) is 0 Å². The molecule has 0 saturated carbocycles. The van der Waals surface area contributed by atoms with Gasteiger partial charge in [0.2, 0.25) is 0 Å². The van der Waals surface area contributed by atoms with Crippen LogP contribution in [0.4, 0.5) is 0 Å². The second-order valence-corrected chi connectivity index (χ2v) is 4.17. The normalized spacial score (nSPS) is 10.1. The van der Waals surface area contributed by atoms with Crippen LogP contribution in [0, 0.1) is 0 Å². The number of rotatable bonds is 3. The van der Waals surface area contributed by atoms with Gasteiger partial charge < -0.3 is 0 Å². The lowest BCUT2D eigenvalue weighted by Gasteiger charge is -2.02. The van der Waals surface area contributed by atoms with Crippen molar-refractivity contribution in [2.45, 2.75) is 6.42 Å². The highest BCUT2D eigenvalue weighted by Crippen LogP contribution is 2.21. The Morgan fingerprint density at radius 1 is 1.46 bits per heavy atom. The third kappa shape index (κ3) is 3.29. The lowest BCUT2D eigenvalue weighted by molar-refractivity contribution is -0.116. The molecule has 0 unspecified atom stereocenters. The minimum Gasteiger partial charge on any atom is -0.298 e. The summed E-state index contributed by atoms with van der Waals surface area (Å²) in [5, 5.41) is 0.599. The Morgan fingerprint density at radius 2 is 2.15 bits per heavy atom. The Labute approximate surface area is 95.2 Å². The van der Waals surface area contributed by atoms with E-state index < -0.39 is 0 Å². The molecule has 13 heavy (non-hydrogen) atoms. The molecule has 0 aliphatic rings. The first kappa shape index (κ1) is 11.0. The maximum atomic E-state index is 11.0. The van der Waals surface area contributed by atoms with E-state index in [2.05, 4.69) is 15.9 Å². The Morgan fingerprint density at radius 3 is 2.77 bits per heavy atom. The van der Waals surface area contributed by atoms with Gasteiger partial charge in [0, 0.05) is 15.9 Å². The van der Waals surface area contributed by atoms with Gasteiger partial charge in [-0.3, -0.25) is 4.79 Å². The maximum absolute atomic E-state index is 11.0. The highest BCUT2D eigenvalue weighted by atomic mass is 79.9. The quantitative estimate of drug-likeness (QED) is 0.776. The van der Waals surface area contributed by atoms with Crippen molar-refractivity contribution in [3.05, 3.63) is 33.3 Å². The molecule has 0 aromatic heterocycles. The first-order chi connectivity index (χ1) is 6.13. The van der Waals surface area contributed by atoms with E-state index in [-0.39, 0.29) is 11.7 Å². The predicted molar refractivity (Wildman–Crippen MR) is 58.6 cm³/mol. The maximum Gasteiger partial charge on any atom is 0.152 e. The zero-order valence-corrected chi connectivity index (χ0v) is 9.79. The number of alkyl halides is 1. The van der Waals surface area contributed by atoms with E-state index in [1.165, 1.54) is 0 Å². The van der Waals surface area contributed by atoms with Crippen LogP contribution in [0.5, 0.6) is 0 Å². The summed E-state index contributed by atoms with van der Waals surface area (Å²) in [6.07, 6.45) is 0.293. The summed E-state index contributed by atoms with van der Waals surface area (Å²) in [6.45, 7) is 0. The lowest BCUT2D eigenvalue weighted by Crippen LogP contribution is -2.04. The monoisotopic (exact) mass is 280 g/mol. The molecule has 1 aromatic carbocycles. The molecule has 70 valence electrons. The van der Waals surface area contributed by atoms with Crippen molar-refractivity contribution in [2.75, 3.05) is 5.88 Å². The summed E-state index contributed by atoms with van der Waals surface area (Å²) in [5.74, 6) is 0.00436. The number of carbonyl (C=O) groups is 1. The van der Waals surface area contributed by atoms with Gasteiger partial charge in [-0.15, -0.1) is 11.6 Å². The van der Waals surface area contributed by atoms with Gasteiger partial charge in [-0.2, -0.15) is 0 Å². The van der Waals surface area contributed by atoms with Crippen molar-refractivity contribution in [1.82, 2.24) is 0 Å². The van der Waals surface area contributed by atoms with Crippen LogP contribution in [-0.4, -0.2) is 11.7 Å². The molecule has 1 nitrogen and oxygen atoms in total. The molecule has 4 heteroatoms. The molecular weight excluding hydrogens is 275 g/mol. The van der Waals surface area contributed by atoms with Gasteiger partial charge in [0.1, 0.15) is 0 Å².